The number of benzene rings is 2. The molecule has 0 aliphatic rings. The molecule has 0 spiro atoms. The van der Waals surface area contributed by atoms with Crippen LogP contribution in [0.5, 0.6) is 0 Å². The first-order valence-electron chi connectivity index (χ1n) is 6.19. The quantitative estimate of drug-likeness (QED) is 0.741. The summed E-state index contributed by atoms with van der Waals surface area (Å²) in [6.07, 6.45) is 0. The minimum Gasteiger partial charge on any atom is -0.450 e. The van der Waals surface area contributed by atoms with E-state index in [2.05, 4.69) is 0 Å². The van der Waals surface area contributed by atoms with Gasteiger partial charge in [-0.15, -0.1) is 0 Å². The van der Waals surface area contributed by atoms with Crippen molar-refractivity contribution >= 4 is 16.8 Å². The van der Waals surface area contributed by atoms with Gasteiger partial charge in [0.25, 0.3) is 0 Å². The number of ketones is 1. The van der Waals surface area contributed by atoms with E-state index in [1.807, 2.05) is 6.07 Å². The van der Waals surface area contributed by atoms with Crippen molar-refractivity contribution in [3.8, 4) is 0 Å². The summed E-state index contributed by atoms with van der Waals surface area (Å²) in [4.78, 5) is 12.3. The number of carbonyl (C=O) groups is 1. The smallest absolute Gasteiger partial charge is 0.219 e. The average molecular weight is 269 g/mol. The summed E-state index contributed by atoms with van der Waals surface area (Å²) >= 11 is 0. The molecule has 3 aromatic rings. The van der Waals surface area contributed by atoms with Crippen molar-refractivity contribution < 1.29 is 13.6 Å². The van der Waals surface area contributed by atoms with Gasteiger partial charge in [-0.3, -0.25) is 4.79 Å². The number of para-hydroxylation sites is 1. The number of hydrogen-bond donors (Lipinski definition) is 1. The second-order valence-corrected chi connectivity index (χ2v) is 4.52. The van der Waals surface area contributed by atoms with Crippen LogP contribution in [-0.2, 0) is 0 Å². The Labute approximate surface area is 114 Å². The molecule has 3 nitrogen and oxygen atoms in total. The third kappa shape index (κ3) is 2.10. The van der Waals surface area contributed by atoms with Crippen LogP contribution in [0.3, 0.4) is 0 Å². The summed E-state index contributed by atoms with van der Waals surface area (Å²) in [5.74, 6) is -0.789. The highest BCUT2D eigenvalue weighted by molar-refractivity contribution is 6.01. The topological polar surface area (TPSA) is 56.2 Å². The van der Waals surface area contributed by atoms with Crippen LogP contribution < -0.4 is 5.73 Å². The molecule has 2 aromatic carbocycles. The van der Waals surface area contributed by atoms with E-state index in [0.29, 0.717) is 10.9 Å². The molecule has 1 atom stereocenters. The Hall–Kier alpha value is -2.46. The van der Waals surface area contributed by atoms with E-state index in [1.54, 1.807) is 36.4 Å². The number of halogens is 1. The van der Waals surface area contributed by atoms with Gasteiger partial charge in [0.2, 0.25) is 5.78 Å². The van der Waals surface area contributed by atoms with Crippen LogP contribution in [0.25, 0.3) is 11.0 Å². The van der Waals surface area contributed by atoms with Crippen molar-refractivity contribution in [2.24, 2.45) is 5.73 Å². The van der Waals surface area contributed by atoms with E-state index in [1.165, 1.54) is 12.1 Å². The maximum Gasteiger partial charge on any atom is 0.219 e. The predicted molar refractivity (Wildman–Crippen MR) is 73.9 cm³/mol. The lowest BCUT2D eigenvalue weighted by Crippen LogP contribution is -2.20. The fraction of sp³-hybridized carbons (Fsp3) is 0.0625. The van der Waals surface area contributed by atoms with Crippen molar-refractivity contribution in [3.05, 3.63) is 71.7 Å². The first kappa shape index (κ1) is 12.6. The maximum atomic E-state index is 13.6. The summed E-state index contributed by atoms with van der Waals surface area (Å²) < 4.78 is 18.8. The van der Waals surface area contributed by atoms with Crippen LogP contribution in [0.1, 0.15) is 22.2 Å². The zero-order valence-corrected chi connectivity index (χ0v) is 10.5. The molecule has 0 unspecified atom stereocenters. The lowest BCUT2D eigenvalue weighted by atomic mass is 10.0. The van der Waals surface area contributed by atoms with Gasteiger partial charge in [-0.05, 0) is 17.7 Å². The predicted octanol–water partition coefficient (Wildman–Crippen LogP) is 3.45. The molecule has 0 saturated carbocycles. The van der Waals surface area contributed by atoms with Crippen LogP contribution in [0, 0.1) is 5.82 Å². The van der Waals surface area contributed by atoms with Gasteiger partial charge >= 0.3 is 0 Å². The standard InChI is InChI=1S/C16H12FNO2/c17-12-8-4-7-11-9-13(20-16(11)12)15(19)14(18)10-5-2-1-3-6-10/h1-9,14H,18H2/t14-/m1/s1. The Morgan fingerprint density at radius 2 is 1.85 bits per heavy atom. The minimum atomic E-state index is -0.820. The highest BCUT2D eigenvalue weighted by atomic mass is 19.1. The Balaban J connectivity index is 1.99. The molecule has 3 rings (SSSR count). The van der Waals surface area contributed by atoms with Crippen LogP contribution in [-0.4, -0.2) is 5.78 Å². The Bertz CT molecular complexity index is 765. The lowest BCUT2D eigenvalue weighted by molar-refractivity contribution is 0.0936. The zero-order valence-electron chi connectivity index (χ0n) is 10.5. The summed E-state index contributed by atoms with van der Waals surface area (Å²) in [5.41, 5.74) is 6.70. The van der Waals surface area contributed by atoms with Gasteiger partial charge in [-0.25, -0.2) is 4.39 Å². The molecule has 0 radical (unpaired) electrons. The third-order valence-corrected chi connectivity index (χ3v) is 3.18. The van der Waals surface area contributed by atoms with Crippen LogP contribution in [0.4, 0.5) is 4.39 Å². The number of rotatable bonds is 3. The Kier molecular flexibility index (Phi) is 3.08. The summed E-state index contributed by atoms with van der Waals surface area (Å²) in [5, 5.41) is 0.550. The Morgan fingerprint density at radius 1 is 1.10 bits per heavy atom. The number of Topliss-reactive ketones (excluding diaryl/α,β-unsaturated/α-hetero) is 1. The molecular weight excluding hydrogens is 257 g/mol. The highest BCUT2D eigenvalue weighted by Gasteiger charge is 2.22. The molecule has 20 heavy (non-hydrogen) atoms. The van der Waals surface area contributed by atoms with Gasteiger partial charge in [0.05, 0.1) is 6.04 Å². The summed E-state index contributed by atoms with van der Waals surface area (Å²) in [6.45, 7) is 0. The molecule has 0 aliphatic carbocycles. The first-order valence-corrected chi connectivity index (χ1v) is 6.19. The Morgan fingerprint density at radius 3 is 2.55 bits per heavy atom. The molecule has 1 heterocycles. The highest BCUT2D eigenvalue weighted by Crippen LogP contribution is 2.25. The first-order chi connectivity index (χ1) is 9.66. The third-order valence-electron chi connectivity index (χ3n) is 3.18. The molecule has 2 N–H and O–H groups in total. The van der Waals surface area contributed by atoms with Crippen LogP contribution in [0.15, 0.2) is 59.0 Å². The number of carbonyl (C=O) groups excluding carboxylic acids is 1. The van der Waals surface area contributed by atoms with Gasteiger partial charge in [-0.1, -0.05) is 42.5 Å². The SMILES string of the molecule is N[C@@H](C(=O)c1cc2cccc(F)c2o1)c1ccccc1. The van der Waals surface area contributed by atoms with E-state index >= 15 is 0 Å². The van der Waals surface area contributed by atoms with E-state index < -0.39 is 11.9 Å². The normalized spacial score (nSPS) is 12.5. The zero-order chi connectivity index (χ0) is 14.1. The fourth-order valence-electron chi connectivity index (χ4n) is 2.11. The van der Waals surface area contributed by atoms with Crippen LogP contribution in [0.2, 0.25) is 0 Å². The van der Waals surface area contributed by atoms with Crippen LogP contribution >= 0.6 is 0 Å². The van der Waals surface area contributed by atoms with Gasteiger partial charge in [-0.2, -0.15) is 0 Å². The molecule has 0 bridgehead atoms. The largest absolute Gasteiger partial charge is 0.450 e. The van der Waals surface area contributed by atoms with E-state index in [-0.39, 0.29) is 17.1 Å². The monoisotopic (exact) mass is 269 g/mol. The molecule has 100 valence electrons. The van der Waals surface area contributed by atoms with Crippen molar-refractivity contribution in [1.82, 2.24) is 0 Å². The second-order valence-electron chi connectivity index (χ2n) is 4.52. The minimum absolute atomic E-state index is 0.0708. The maximum absolute atomic E-state index is 13.6. The second kappa shape index (κ2) is 4.90. The van der Waals surface area contributed by atoms with Gasteiger partial charge in [0, 0.05) is 5.39 Å². The summed E-state index contributed by atoms with van der Waals surface area (Å²) in [6, 6.07) is 14.2. The lowest BCUT2D eigenvalue weighted by Gasteiger charge is -2.08. The van der Waals surface area contributed by atoms with Crippen molar-refractivity contribution in [2.45, 2.75) is 6.04 Å². The number of fused-ring (bicyclic) bond motifs is 1. The molecular formula is C16H12FNO2. The van der Waals surface area contributed by atoms with E-state index in [9.17, 15) is 9.18 Å². The molecule has 0 amide bonds. The van der Waals surface area contributed by atoms with E-state index in [4.69, 9.17) is 10.2 Å². The molecule has 0 fully saturated rings. The molecule has 4 heteroatoms. The van der Waals surface area contributed by atoms with Crippen molar-refractivity contribution in [3.63, 3.8) is 0 Å². The average Bonchev–Trinajstić information content (AvgIpc) is 2.92. The molecule has 0 saturated heterocycles. The number of hydrogen-bond acceptors (Lipinski definition) is 3. The molecule has 0 aliphatic heterocycles. The molecule has 1 aromatic heterocycles. The van der Waals surface area contributed by atoms with Gasteiger partial charge in [0.15, 0.2) is 17.2 Å². The van der Waals surface area contributed by atoms with E-state index in [0.717, 1.165) is 0 Å². The number of nitrogens with two attached hydrogens (primary N) is 1. The fourth-order valence-corrected chi connectivity index (χ4v) is 2.11. The number of furan rings is 1. The van der Waals surface area contributed by atoms with Gasteiger partial charge in [0.1, 0.15) is 0 Å². The van der Waals surface area contributed by atoms with Crippen molar-refractivity contribution in [2.75, 3.05) is 0 Å². The van der Waals surface area contributed by atoms with Crippen molar-refractivity contribution in [1.29, 1.82) is 0 Å². The summed E-state index contributed by atoms with van der Waals surface area (Å²) in [7, 11) is 0. The van der Waals surface area contributed by atoms with Gasteiger partial charge < -0.3 is 10.2 Å².